The maximum atomic E-state index is 12.2. The Kier molecular flexibility index (Phi) is 3.60. The van der Waals surface area contributed by atoms with Crippen LogP contribution < -0.4 is 0 Å². The third-order valence-electron chi connectivity index (χ3n) is 1.15. The van der Waals surface area contributed by atoms with Gasteiger partial charge < -0.3 is 0 Å². The molecule has 0 aliphatic rings. The zero-order chi connectivity index (χ0) is 9.30. The van der Waals surface area contributed by atoms with E-state index in [9.17, 15) is 8.78 Å². The third-order valence-corrected chi connectivity index (χ3v) is 3.53. The zero-order valence-corrected chi connectivity index (χ0v) is 10.2. The molecule has 12 heavy (non-hydrogen) atoms. The Hall–Kier alpha value is 0.450. The molecule has 0 saturated heterocycles. The van der Waals surface area contributed by atoms with Crippen LogP contribution in [0.4, 0.5) is 8.78 Å². The molecule has 0 amide bonds. The van der Waals surface area contributed by atoms with Crippen LogP contribution in [0.3, 0.4) is 0 Å². The van der Waals surface area contributed by atoms with Gasteiger partial charge in [-0.15, -0.1) is 0 Å². The standard InChI is InChI=1S/C6H2Br3F2N/c7-3-1-2(6(10)11)4(8)12-5(3)9/h1,6H. The SMILES string of the molecule is FC(F)c1cc(Br)c(Br)nc1Br. The molecule has 1 aromatic rings. The van der Waals surface area contributed by atoms with Gasteiger partial charge in [-0.2, -0.15) is 0 Å². The first-order valence-electron chi connectivity index (χ1n) is 2.82. The van der Waals surface area contributed by atoms with Crippen LogP contribution in [0, 0.1) is 0 Å². The van der Waals surface area contributed by atoms with E-state index in [1.165, 1.54) is 6.07 Å². The molecule has 0 saturated carbocycles. The fourth-order valence-electron chi connectivity index (χ4n) is 0.613. The van der Waals surface area contributed by atoms with Crippen LogP contribution >= 0.6 is 47.8 Å². The van der Waals surface area contributed by atoms with Crippen molar-refractivity contribution in [2.75, 3.05) is 0 Å². The molecule has 1 aromatic heterocycles. The first-order chi connectivity index (χ1) is 5.52. The Morgan fingerprint density at radius 2 is 1.75 bits per heavy atom. The molecule has 1 rings (SSSR count). The molecular formula is C6H2Br3F2N. The fourth-order valence-corrected chi connectivity index (χ4v) is 1.94. The van der Waals surface area contributed by atoms with Gasteiger partial charge in [-0.05, 0) is 53.9 Å². The van der Waals surface area contributed by atoms with Crippen LogP contribution in [0.2, 0.25) is 0 Å². The summed E-state index contributed by atoms with van der Waals surface area (Å²) in [5.74, 6) is 0. The van der Waals surface area contributed by atoms with E-state index in [-0.39, 0.29) is 10.2 Å². The topological polar surface area (TPSA) is 12.9 Å². The molecule has 0 spiro atoms. The first kappa shape index (κ1) is 10.5. The van der Waals surface area contributed by atoms with Gasteiger partial charge in [0.2, 0.25) is 0 Å². The van der Waals surface area contributed by atoms with Crippen LogP contribution in [-0.2, 0) is 0 Å². The van der Waals surface area contributed by atoms with Crippen molar-refractivity contribution in [3.63, 3.8) is 0 Å². The van der Waals surface area contributed by atoms with Crippen molar-refractivity contribution in [1.82, 2.24) is 4.98 Å². The Balaban J connectivity index is 3.23. The van der Waals surface area contributed by atoms with Crippen molar-refractivity contribution in [1.29, 1.82) is 0 Å². The molecule has 0 aliphatic heterocycles. The lowest BCUT2D eigenvalue weighted by Crippen LogP contribution is -1.90. The van der Waals surface area contributed by atoms with Crippen molar-refractivity contribution in [2.24, 2.45) is 0 Å². The average molecular weight is 366 g/mol. The molecule has 0 unspecified atom stereocenters. The van der Waals surface area contributed by atoms with Gasteiger partial charge in [-0.25, -0.2) is 13.8 Å². The minimum Gasteiger partial charge on any atom is -0.232 e. The van der Waals surface area contributed by atoms with Crippen molar-refractivity contribution >= 4 is 47.8 Å². The number of hydrogen-bond donors (Lipinski definition) is 0. The predicted octanol–water partition coefficient (Wildman–Crippen LogP) is 4.31. The minimum atomic E-state index is -2.52. The van der Waals surface area contributed by atoms with Gasteiger partial charge >= 0.3 is 0 Å². The Bertz CT molecular complexity index is 303. The minimum absolute atomic E-state index is 0.120. The lowest BCUT2D eigenvalue weighted by Gasteiger charge is -2.03. The second-order valence-electron chi connectivity index (χ2n) is 1.94. The number of rotatable bonds is 1. The Labute approximate surface area is 92.9 Å². The number of pyridine rings is 1. The maximum Gasteiger partial charge on any atom is 0.266 e. The van der Waals surface area contributed by atoms with Crippen LogP contribution in [0.25, 0.3) is 0 Å². The molecule has 0 atom stereocenters. The van der Waals surface area contributed by atoms with E-state index in [0.717, 1.165) is 0 Å². The summed E-state index contributed by atoms with van der Waals surface area (Å²) in [5.41, 5.74) is -0.120. The van der Waals surface area contributed by atoms with Crippen molar-refractivity contribution < 1.29 is 8.78 Å². The summed E-state index contributed by atoms with van der Waals surface area (Å²) < 4.78 is 25.6. The highest BCUT2D eigenvalue weighted by atomic mass is 79.9. The largest absolute Gasteiger partial charge is 0.266 e. The first-order valence-corrected chi connectivity index (χ1v) is 5.20. The molecule has 66 valence electrons. The second kappa shape index (κ2) is 4.11. The molecule has 0 bridgehead atoms. The molecule has 0 N–H and O–H groups in total. The summed E-state index contributed by atoms with van der Waals surface area (Å²) in [6, 6.07) is 1.33. The highest BCUT2D eigenvalue weighted by Crippen LogP contribution is 2.31. The molecule has 6 heteroatoms. The highest BCUT2D eigenvalue weighted by Gasteiger charge is 2.14. The van der Waals surface area contributed by atoms with Crippen LogP contribution in [0.1, 0.15) is 12.0 Å². The summed E-state index contributed by atoms with van der Waals surface area (Å²) in [5, 5.41) is 0. The number of alkyl halides is 2. The summed E-state index contributed by atoms with van der Waals surface area (Å²) in [6.45, 7) is 0. The maximum absolute atomic E-state index is 12.2. The molecule has 1 heterocycles. The van der Waals surface area contributed by atoms with Crippen molar-refractivity contribution in [3.05, 3.63) is 25.3 Å². The van der Waals surface area contributed by atoms with Crippen LogP contribution in [-0.4, -0.2) is 4.98 Å². The van der Waals surface area contributed by atoms with E-state index < -0.39 is 6.43 Å². The quantitative estimate of drug-likeness (QED) is 0.676. The van der Waals surface area contributed by atoms with Gasteiger partial charge in [0.15, 0.2) is 0 Å². The summed E-state index contributed by atoms with van der Waals surface area (Å²) in [6.07, 6.45) is -2.52. The lowest BCUT2D eigenvalue weighted by atomic mass is 10.3. The second-order valence-corrected chi connectivity index (χ2v) is 4.30. The van der Waals surface area contributed by atoms with Crippen molar-refractivity contribution in [2.45, 2.75) is 6.43 Å². The normalized spacial score (nSPS) is 10.8. The van der Waals surface area contributed by atoms with E-state index in [2.05, 4.69) is 52.8 Å². The highest BCUT2D eigenvalue weighted by molar-refractivity contribution is 9.13. The van der Waals surface area contributed by atoms with Gasteiger partial charge in [-0.1, -0.05) is 0 Å². The monoisotopic (exact) mass is 363 g/mol. The van der Waals surface area contributed by atoms with Gasteiger partial charge in [0.1, 0.15) is 9.21 Å². The van der Waals surface area contributed by atoms with E-state index in [1.54, 1.807) is 0 Å². The smallest absolute Gasteiger partial charge is 0.232 e. The van der Waals surface area contributed by atoms with Crippen molar-refractivity contribution in [3.8, 4) is 0 Å². The predicted molar refractivity (Wildman–Crippen MR) is 52.3 cm³/mol. The zero-order valence-electron chi connectivity index (χ0n) is 5.49. The van der Waals surface area contributed by atoms with E-state index in [0.29, 0.717) is 9.08 Å². The molecule has 0 fully saturated rings. The number of halogens is 5. The lowest BCUT2D eigenvalue weighted by molar-refractivity contribution is 0.150. The van der Waals surface area contributed by atoms with Gasteiger partial charge in [0, 0.05) is 0 Å². The van der Waals surface area contributed by atoms with E-state index in [1.807, 2.05) is 0 Å². The number of hydrogen-bond acceptors (Lipinski definition) is 1. The number of aromatic nitrogens is 1. The van der Waals surface area contributed by atoms with Crippen LogP contribution in [0.5, 0.6) is 0 Å². The molecule has 0 aliphatic carbocycles. The van der Waals surface area contributed by atoms with Crippen LogP contribution in [0.15, 0.2) is 19.7 Å². The van der Waals surface area contributed by atoms with Gasteiger partial charge in [-0.3, -0.25) is 0 Å². The third kappa shape index (κ3) is 2.23. The molecule has 0 aromatic carbocycles. The summed E-state index contributed by atoms with van der Waals surface area (Å²) in [7, 11) is 0. The summed E-state index contributed by atoms with van der Waals surface area (Å²) >= 11 is 9.12. The Morgan fingerprint density at radius 1 is 1.17 bits per heavy atom. The van der Waals surface area contributed by atoms with E-state index in [4.69, 9.17) is 0 Å². The Morgan fingerprint density at radius 3 is 2.25 bits per heavy atom. The molecular weight excluding hydrogens is 364 g/mol. The van der Waals surface area contributed by atoms with Gasteiger partial charge in [0.05, 0.1) is 10.0 Å². The number of nitrogens with zero attached hydrogens (tertiary/aromatic N) is 1. The molecule has 0 radical (unpaired) electrons. The fraction of sp³-hybridized carbons (Fsp3) is 0.167. The average Bonchev–Trinajstić information content (AvgIpc) is 1.96. The molecule has 1 nitrogen and oxygen atoms in total. The van der Waals surface area contributed by atoms with Gasteiger partial charge in [0.25, 0.3) is 6.43 Å². The summed E-state index contributed by atoms with van der Waals surface area (Å²) in [4.78, 5) is 3.80. The van der Waals surface area contributed by atoms with E-state index >= 15 is 0 Å².